The molecular formula is C56H104N2O3. The lowest BCUT2D eigenvalue weighted by molar-refractivity contribution is 0.136. The van der Waals surface area contributed by atoms with Crippen LogP contribution in [0.3, 0.4) is 0 Å². The van der Waals surface area contributed by atoms with Gasteiger partial charge in [-0.3, -0.25) is 0 Å². The second kappa shape index (κ2) is 30.3. The van der Waals surface area contributed by atoms with Gasteiger partial charge in [0.1, 0.15) is 0 Å². The Morgan fingerprint density at radius 1 is 0.344 bits per heavy atom. The van der Waals surface area contributed by atoms with E-state index in [1.807, 2.05) is 0 Å². The molecule has 0 fully saturated rings. The van der Waals surface area contributed by atoms with Gasteiger partial charge in [0, 0.05) is 24.7 Å². The summed E-state index contributed by atoms with van der Waals surface area (Å²) >= 11 is 0. The first-order chi connectivity index (χ1) is 28.6. The van der Waals surface area contributed by atoms with Crippen LogP contribution in [0.25, 0.3) is 0 Å². The third-order valence-electron chi connectivity index (χ3n) is 13.0. The zero-order valence-electron chi connectivity index (χ0n) is 44.3. The maximum atomic E-state index is 5.69. The molecule has 0 unspecified atom stereocenters. The first-order valence-electron chi connectivity index (χ1n) is 25.5. The maximum Gasteiger partial charge on any atom is 0.0979 e. The van der Waals surface area contributed by atoms with Gasteiger partial charge in [0.25, 0.3) is 0 Å². The van der Waals surface area contributed by atoms with Gasteiger partial charge < -0.3 is 24.8 Å². The Labute approximate surface area is 381 Å². The van der Waals surface area contributed by atoms with Crippen LogP contribution < -0.4 is 10.6 Å². The summed E-state index contributed by atoms with van der Waals surface area (Å²) in [4.78, 5) is 0. The summed E-state index contributed by atoms with van der Waals surface area (Å²) in [6, 6.07) is 0. The summed E-state index contributed by atoms with van der Waals surface area (Å²) in [5, 5.41) is 7.04. The van der Waals surface area contributed by atoms with Gasteiger partial charge in [-0.2, -0.15) is 0 Å². The largest absolute Gasteiger partial charge is 0.498 e. The highest BCUT2D eigenvalue weighted by Crippen LogP contribution is 2.31. The lowest BCUT2D eigenvalue weighted by Crippen LogP contribution is -2.28. The molecule has 0 aromatic carbocycles. The molecular weight excluding hydrogens is 749 g/mol. The molecule has 0 saturated carbocycles. The van der Waals surface area contributed by atoms with E-state index in [-0.39, 0.29) is 0 Å². The van der Waals surface area contributed by atoms with Crippen molar-refractivity contribution in [3.8, 4) is 0 Å². The second-order valence-corrected chi connectivity index (χ2v) is 21.4. The van der Waals surface area contributed by atoms with Crippen LogP contribution in [-0.2, 0) is 14.2 Å². The predicted molar refractivity (Wildman–Crippen MR) is 269 cm³/mol. The van der Waals surface area contributed by atoms with Crippen molar-refractivity contribution in [2.75, 3.05) is 52.7 Å². The molecule has 0 aliphatic carbocycles. The van der Waals surface area contributed by atoms with E-state index in [4.69, 9.17) is 14.2 Å². The first kappa shape index (κ1) is 57.2. The van der Waals surface area contributed by atoms with Crippen molar-refractivity contribution in [1.29, 1.82) is 0 Å². The zero-order valence-corrected chi connectivity index (χ0v) is 44.3. The van der Waals surface area contributed by atoms with Gasteiger partial charge >= 0.3 is 0 Å². The summed E-state index contributed by atoms with van der Waals surface area (Å²) in [6.07, 6.45) is 9.97. The van der Waals surface area contributed by atoms with Crippen LogP contribution in [0.5, 0.6) is 0 Å². The second-order valence-electron chi connectivity index (χ2n) is 21.4. The molecule has 5 aliphatic heterocycles. The fourth-order valence-corrected chi connectivity index (χ4v) is 9.44. The maximum absolute atomic E-state index is 5.69. The van der Waals surface area contributed by atoms with Crippen molar-refractivity contribution in [1.82, 2.24) is 10.6 Å². The van der Waals surface area contributed by atoms with Crippen LogP contribution >= 0.6 is 0 Å². The van der Waals surface area contributed by atoms with E-state index < -0.39 is 0 Å². The highest BCUT2D eigenvalue weighted by atomic mass is 16.5. The van der Waals surface area contributed by atoms with Gasteiger partial charge in [0.05, 0.1) is 38.8 Å². The van der Waals surface area contributed by atoms with Crippen molar-refractivity contribution in [2.24, 2.45) is 59.2 Å². The molecule has 5 nitrogen and oxygen atoms in total. The average Bonchev–Trinajstić information content (AvgIpc) is 3.49. The Bertz CT molecular complexity index is 1130. The van der Waals surface area contributed by atoms with Gasteiger partial charge in [-0.25, -0.2) is 0 Å². The summed E-state index contributed by atoms with van der Waals surface area (Å²) in [7, 11) is 0. The molecule has 0 aromatic heterocycles. The standard InChI is InChI=1S/C12H23N.C11H21N.3C11H20O/c1-9(2)11-7-5-6-8-13-12(11)10(3)4;3*1-8(2)10-5-6-12-7-11(10)9(3)4;1-8(2)10-6-5-7-12-11(10)9(3)4/h9-10,13H,5-8H2,1-4H3;8-9,12H,5-7H2,1-4H3;3*8-9H,5-7H2,1-4H3. The lowest BCUT2D eigenvalue weighted by Gasteiger charge is -2.26. The van der Waals surface area contributed by atoms with Crippen LogP contribution in [0.15, 0.2) is 56.0 Å². The van der Waals surface area contributed by atoms with Crippen LogP contribution in [0.4, 0.5) is 0 Å². The molecule has 0 radical (unpaired) electrons. The molecule has 5 rings (SSSR count). The van der Waals surface area contributed by atoms with E-state index in [1.54, 1.807) is 27.9 Å². The predicted octanol–water partition coefficient (Wildman–Crippen LogP) is 15.3. The van der Waals surface area contributed by atoms with Gasteiger partial charge in [0.15, 0.2) is 0 Å². The molecule has 61 heavy (non-hydrogen) atoms. The fourth-order valence-electron chi connectivity index (χ4n) is 9.44. The summed E-state index contributed by atoms with van der Waals surface area (Å²) in [5.74, 6) is 8.02. The Hall–Kier alpha value is -1.82. The minimum absolute atomic E-state index is 0.558. The quantitative estimate of drug-likeness (QED) is 0.214. The minimum atomic E-state index is 0.558. The minimum Gasteiger partial charge on any atom is -0.498 e. The highest BCUT2D eigenvalue weighted by Gasteiger charge is 2.21. The molecule has 0 amide bonds. The highest BCUT2D eigenvalue weighted by molar-refractivity contribution is 5.23. The zero-order chi connectivity index (χ0) is 46.4. The number of hydrogen-bond acceptors (Lipinski definition) is 5. The van der Waals surface area contributed by atoms with Crippen molar-refractivity contribution in [3.63, 3.8) is 0 Å². The smallest absolute Gasteiger partial charge is 0.0979 e. The van der Waals surface area contributed by atoms with Crippen LogP contribution in [-0.4, -0.2) is 52.7 Å². The molecule has 356 valence electrons. The van der Waals surface area contributed by atoms with E-state index in [1.165, 1.54) is 79.8 Å². The lowest BCUT2D eigenvalue weighted by atomic mass is 9.86. The Kier molecular flexibility index (Phi) is 28.4. The number of nitrogens with one attached hydrogen (secondary N) is 2. The van der Waals surface area contributed by atoms with Gasteiger partial charge in [-0.1, -0.05) is 161 Å². The van der Waals surface area contributed by atoms with Gasteiger partial charge in [0.2, 0.25) is 0 Å². The van der Waals surface area contributed by atoms with Crippen LogP contribution in [0.2, 0.25) is 0 Å². The number of hydrogen-bond donors (Lipinski definition) is 2. The molecule has 2 N–H and O–H groups in total. The van der Waals surface area contributed by atoms with Crippen LogP contribution in [0.1, 0.15) is 190 Å². The molecule has 5 heterocycles. The monoisotopic (exact) mass is 853 g/mol. The van der Waals surface area contributed by atoms with E-state index in [0.29, 0.717) is 47.3 Å². The van der Waals surface area contributed by atoms with Crippen molar-refractivity contribution >= 4 is 0 Å². The number of allylic oxidation sites excluding steroid dienone is 4. The summed E-state index contributed by atoms with van der Waals surface area (Å²) in [5.41, 5.74) is 14.4. The van der Waals surface area contributed by atoms with Crippen LogP contribution in [0, 0.1) is 59.2 Å². The SMILES string of the molecule is CC(C)C1=C(C(C)C)CNCC1.CC(C)C1=C(C(C)C)COCC1.CC(C)C1=C(C(C)C)COCC1.CC(C)C1=C(C(C)C)NCCCC1.CC(C)C1=C(C(C)C)OCCC1. The van der Waals surface area contributed by atoms with Crippen molar-refractivity contribution in [3.05, 3.63) is 56.0 Å². The summed E-state index contributed by atoms with van der Waals surface area (Å²) in [6.45, 7) is 53.4. The number of ether oxygens (including phenoxy) is 3. The molecule has 5 heteroatoms. The first-order valence-corrected chi connectivity index (χ1v) is 25.5. The van der Waals surface area contributed by atoms with Crippen molar-refractivity contribution in [2.45, 2.75) is 190 Å². The third kappa shape index (κ3) is 20.7. The normalized spacial score (nSPS) is 19.3. The van der Waals surface area contributed by atoms with E-state index in [2.05, 4.69) is 149 Å². The Morgan fingerprint density at radius 3 is 1.13 bits per heavy atom. The molecule has 0 atom stereocenters. The molecule has 0 aromatic rings. The fraction of sp³-hybridized carbons (Fsp3) is 0.821. The third-order valence-corrected chi connectivity index (χ3v) is 13.0. The van der Waals surface area contributed by atoms with Gasteiger partial charge in [-0.05, 0) is 133 Å². The van der Waals surface area contributed by atoms with Crippen molar-refractivity contribution < 1.29 is 14.2 Å². The molecule has 5 aliphatic rings. The van der Waals surface area contributed by atoms with E-state index in [9.17, 15) is 0 Å². The topological polar surface area (TPSA) is 51.8 Å². The van der Waals surface area contributed by atoms with Gasteiger partial charge in [-0.15, -0.1) is 0 Å². The van der Waals surface area contributed by atoms with E-state index >= 15 is 0 Å². The Balaban J connectivity index is 0.000000381. The summed E-state index contributed by atoms with van der Waals surface area (Å²) < 4.78 is 16.6. The number of rotatable bonds is 10. The molecule has 0 spiro atoms. The molecule has 0 bridgehead atoms. The molecule has 0 saturated heterocycles. The average molecular weight is 853 g/mol. The Morgan fingerprint density at radius 2 is 0.770 bits per heavy atom. The van der Waals surface area contributed by atoms with E-state index in [0.717, 1.165) is 64.3 Å².